The minimum absolute atomic E-state index is 0.0487. The highest BCUT2D eigenvalue weighted by atomic mass is 32.1. The zero-order valence-electron chi connectivity index (χ0n) is 14.0. The number of nitrogens with zero attached hydrogens (tertiary/aromatic N) is 3. The third-order valence-electron chi connectivity index (χ3n) is 3.59. The summed E-state index contributed by atoms with van der Waals surface area (Å²) in [6.45, 7) is 0.342. The second kappa shape index (κ2) is 7.79. The SMILES string of the molecule is O=C(Nc1nc(-c2ccccn2)cs1)c1cc(OCc2ccccc2)no1. The largest absolute Gasteiger partial charge is 0.471 e. The van der Waals surface area contributed by atoms with Gasteiger partial charge in [0.25, 0.3) is 11.8 Å². The Morgan fingerprint density at radius 1 is 1.11 bits per heavy atom. The number of hydrogen-bond donors (Lipinski definition) is 1. The van der Waals surface area contributed by atoms with Crippen LogP contribution in [-0.2, 0) is 6.61 Å². The lowest BCUT2D eigenvalue weighted by Crippen LogP contribution is -2.10. The molecule has 0 bridgehead atoms. The van der Waals surface area contributed by atoms with Crippen molar-refractivity contribution in [1.29, 1.82) is 0 Å². The Kier molecular flexibility index (Phi) is 4.88. The summed E-state index contributed by atoms with van der Waals surface area (Å²) in [5.74, 6) is -0.149. The molecule has 0 spiro atoms. The van der Waals surface area contributed by atoms with Gasteiger partial charge in [-0.05, 0) is 22.9 Å². The number of aromatic nitrogens is 3. The van der Waals surface area contributed by atoms with Gasteiger partial charge in [-0.1, -0.05) is 36.4 Å². The van der Waals surface area contributed by atoms with Crippen molar-refractivity contribution < 1.29 is 14.1 Å². The summed E-state index contributed by atoms with van der Waals surface area (Å²) < 4.78 is 10.6. The molecule has 1 amide bonds. The van der Waals surface area contributed by atoms with Gasteiger partial charge in [-0.3, -0.25) is 15.1 Å². The standard InChI is InChI=1S/C19H14N4O3S/c24-18(22-19-21-15(12-27-19)14-8-4-5-9-20-14)16-10-17(23-26-16)25-11-13-6-2-1-3-7-13/h1-10,12H,11H2,(H,21,22,24). The molecule has 0 aliphatic heterocycles. The molecule has 4 aromatic rings. The maximum absolute atomic E-state index is 12.3. The highest BCUT2D eigenvalue weighted by Gasteiger charge is 2.16. The van der Waals surface area contributed by atoms with Crippen LogP contribution in [0.5, 0.6) is 5.88 Å². The number of ether oxygens (including phenoxy) is 1. The summed E-state index contributed by atoms with van der Waals surface area (Å²) in [6.07, 6.45) is 1.69. The Hall–Kier alpha value is -3.52. The first-order chi connectivity index (χ1) is 13.3. The number of rotatable bonds is 6. The highest BCUT2D eigenvalue weighted by molar-refractivity contribution is 7.14. The predicted octanol–water partition coefficient (Wildman–Crippen LogP) is 4.02. The summed E-state index contributed by atoms with van der Waals surface area (Å²) in [5, 5.41) is 8.72. The van der Waals surface area contributed by atoms with Gasteiger partial charge in [0.05, 0.1) is 11.8 Å². The van der Waals surface area contributed by atoms with E-state index in [1.54, 1.807) is 6.20 Å². The molecule has 27 heavy (non-hydrogen) atoms. The Balaban J connectivity index is 1.38. The van der Waals surface area contributed by atoms with E-state index in [0.29, 0.717) is 17.4 Å². The van der Waals surface area contributed by atoms with Gasteiger partial charge in [0.2, 0.25) is 5.76 Å². The van der Waals surface area contributed by atoms with E-state index in [9.17, 15) is 4.79 Å². The van der Waals surface area contributed by atoms with Gasteiger partial charge in [0.15, 0.2) is 5.13 Å². The van der Waals surface area contributed by atoms with Gasteiger partial charge >= 0.3 is 0 Å². The van der Waals surface area contributed by atoms with Crippen molar-refractivity contribution in [2.45, 2.75) is 6.61 Å². The third kappa shape index (κ3) is 4.18. The summed E-state index contributed by atoms with van der Waals surface area (Å²) in [4.78, 5) is 20.9. The first kappa shape index (κ1) is 16.9. The molecule has 0 aliphatic rings. The number of nitrogens with one attached hydrogen (secondary N) is 1. The highest BCUT2D eigenvalue weighted by Crippen LogP contribution is 2.24. The van der Waals surface area contributed by atoms with Crippen LogP contribution in [0.25, 0.3) is 11.4 Å². The van der Waals surface area contributed by atoms with Gasteiger partial charge < -0.3 is 9.26 Å². The van der Waals surface area contributed by atoms with Gasteiger partial charge in [0, 0.05) is 11.6 Å². The third-order valence-corrected chi connectivity index (χ3v) is 4.35. The molecule has 8 heteroatoms. The number of carbonyl (C=O) groups excluding carboxylic acids is 1. The zero-order valence-corrected chi connectivity index (χ0v) is 14.8. The minimum Gasteiger partial charge on any atom is -0.471 e. The van der Waals surface area contributed by atoms with Crippen LogP contribution < -0.4 is 10.1 Å². The predicted molar refractivity (Wildman–Crippen MR) is 101 cm³/mol. The summed E-state index contributed by atoms with van der Waals surface area (Å²) >= 11 is 1.31. The first-order valence-electron chi connectivity index (χ1n) is 8.10. The number of amides is 1. The van der Waals surface area contributed by atoms with Crippen LogP contribution in [0, 0.1) is 0 Å². The average Bonchev–Trinajstić information content (AvgIpc) is 3.38. The summed E-state index contributed by atoms with van der Waals surface area (Å²) in [7, 11) is 0. The maximum atomic E-state index is 12.3. The molecule has 1 N–H and O–H groups in total. The van der Waals surface area contributed by atoms with Gasteiger partial charge in [0.1, 0.15) is 12.3 Å². The zero-order chi connectivity index (χ0) is 18.5. The Morgan fingerprint density at radius 2 is 1.96 bits per heavy atom. The van der Waals surface area contributed by atoms with Gasteiger partial charge in [-0.25, -0.2) is 4.98 Å². The lowest BCUT2D eigenvalue weighted by molar-refractivity contribution is 0.0987. The molecule has 0 fully saturated rings. The number of anilines is 1. The van der Waals surface area contributed by atoms with Crippen LogP contribution >= 0.6 is 11.3 Å². The van der Waals surface area contributed by atoms with Crippen LogP contribution in [0.15, 0.2) is 70.7 Å². The van der Waals surface area contributed by atoms with Crippen molar-refractivity contribution in [2.24, 2.45) is 0 Å². The Bertz CT molecular complexity index is 1030. The summed E-state index contributed by atoms with van der Waals surface area (Å²) in [5.41, 5.74) is 2.43. The molecule has 1 aromatic carbocycles. The van der Waals surface area contributed by atoms with Crippen LogP contribution in [0.4, 0.5) is 5.13 Å². The van der Waals surface area contributed by atoms with E-state index in [4.69, 9.17) is 9.26 Å². The van der Waals surface area contributed by atoms with E-state index in [-0.39, 0.29) is 11.6 Å². The van der Waals surface area contributed by atoms with E-state index in [0.717, 1.165) is 11.3 Å². The molecule has 4 rings (SSSR count). The molecule has 0 atom stereocenters. The molecule has 0 radical (unpaired) electrons. The van der Waals surface area contributed by atoms with E-state index in [1.165, 1.54) is 17.4 Å². The molecule has 0 aliphatic carbocycles. The fraction of sp³-hybridized carbons (Fsp3) is 0.0526. The number of hydrogen-bond acceptors (Lipinski definition) is 7. The van der Waals surface area contributed by atoms with Crippen molar-refractivity contribution in [3.8, 4) is 17.3 Å². The second-order valence-corrected chi connectivity index (χ2v) is 6.37. The molecule has 134 valence electrons. The number of benzene rings is 1. The van der Waals surface area contributed by atoms with Crippen LogP contribution in [0.3, 0.4) is 0 Å². The second-order valence-electron chi connectivity index (χ2n) is 5.51. The molecule has 0 saturated carbocycles. The number of thiazole rings is 1. The smallest absolute Gasteiger partial charge is 0.296 e. The van der Waals surface area contributed by atoms with Crippen molar-refractivity contribution in [3.05, 3.63) is 77.5 Å². The maximum Gasteiger partial charge on any atom is 0.296 e. The normalized spacial score (nSPS) is 10.5. The fourth-order valence-corrected chi connectivity index (χ4v) is 2.99. The topological polar surface area (TPSA) is 90.1 Å². The van der Waals surface area contributed by atoms with Gasteiger partial charge in [-0.15, -0.1) is 11.3 Å². The van der Waals surface area contributed by atoms with E-state index >= 15 is 0 Å². The molecule has 3 heterocycles. The van der Waals surface area contributed by atoms with Crippen LogP contribution in [0.2, 0.25) is 0 Å². The molecular weight excluding hydrogens is 364 g/mol. The van der Waals surface area contributed by atoms with E-state index in [1.807, 2.05) is 53.9 Å². The number of carbonyl (C=O) groups is 1. The summed E-state index contributed by atoms with van der Waals surface area (Å²) in [6, 6.07) is 16.7. The van der Waals surface area contributed by atoms with Crippen LogP contribution in [-0.4, -0.2) is 21.0 Å². The molecule has 0 unspecified atom stereocenters. The number of pyridine rings is 1. The minimum atomic E-state index is -0.445. The van der Waals surface area contributed by atoms with E-state index < -0.39 is 5.91 Å². The van der Waals surface area contributed by atoms with E-state index in [2.05, 4.69) is 20.4 Å². The lowest BCUT2D eigenvalue weighted by Gasteiger charge is -2.00. The molecular formula is C19H14N4O3S. The first-order valence-corrected chi connectivity index (χ1v) is 8.97. The molecule has 3 aromatic heterocycles. The Morgan fingerprint density at radius 3 is 2.78 bits per heavy atom. The van der Waals surface area contributed by atoms with Crippen LogP contribution in [0.1, 0.15) is 16.1 Å². The quantitative estimate of drug-likeness (QED) is 0.545. The molecule has 7 nitrogen and oxygen atoms in total. The average molecular weight is 378 g/mol. The van der Waals surface area contributed by atoms with Crippen molar-refractivity contribution >= 4 is 22.4 Å². The van der Waals surface area contributed by atoms with Crippen molar-refractivity contribution in [3.63, 3.8) is 0 Å². The Labute approximate surface area is 158 Å². The fourth-order valence-electron chi connectivity index (χ4n) is 2.29. The molecule has 0 saturated heterocycles. The lowest BCUT2D eigenvalue weighted by atomic mass is 10.2. The van der Waals surface area contributed by atoms with Crippen molar-refractivity contribution in [1.82, 2.24) is 15.1 Å². The van der Waals surface area contributed by atoms with Crippen molar-refractivity contribution in [2.75, 3.05) is 5.32 Å². The monoisotopic (exact) mass is 378 g/mol. The van der Waals surface area contributed by atoms with Gasteiger partial charge in [-0.2, -0.15) is 0 Å².